The van der Waals surface area contributed by atoms with Crippen molar-refractivity contribution < 1.29 is 9.47 Å². The summed E-state index contributed by atoms with van der Waals surface area (Å²) < 4.78 is 12.0. The van der Waals surface area contributed by atoms with E-state index in [1.807, 2.05) is 0 Å². The minimum absolute atomic E-state index is 0.298. The molecule has 5 heteroatoms. The molecule has 4 nitrogen and oxygen atoms in total. The second-order valence-electron chi connectivity index (χ2n) is 6.52. The van der Waals surface area contributed by atoms with Gasteiger partial charge in [0.25, 0.3) is 0 Å². The zero-order chi connectivity index (χ0) is 16.5. The Kier molecular flexibility index (Phi) is 4.48. The van der Waals surface area contributed by atoms with Crippen LogP contribution in [0.4, 0.5) is 0 Å². The van der Waals surface area contributed by atoms with Crippen LogP contribution in [0.15, 0.2) is 46.9 Å². The van der Waals surface area contributed by atoms with Crippen LogP contribution in [0.25, 0.3) is 0 Å². The molecule has 0 saturated carbocycles. The normalized spacial score (nSPS) is 22.9. The zero-order valence-corrected chi connectivity index (χ0v) is 15.0. The van der Waals surface area contributed by atoms with Crippen molar-refractivity contribution in [1.82, 2.24) is 4.90 Å². The molecule has 2 atom stereocenters. The van der Waals surface area contributed by atoms with Gasteiger partial charge in [-0.1, -0.05) is 30.3 Å². The van der Waals surface area contributed by atoms with Gasteiger partial charge in [0.15, 0.2) is 11.5 Å². The Hall–Kier alpha value is -1.56. The highest BCUT2D eigenvalue weighted by atomic mass is 79.9. The Morgan fingerprint density at radius 2 is 1.96 bits per heavy atom. The maximum Gasteiger partial charge on any atom is 0.231 e. The molecule has 1 saturated heterocycles. The van der Waals surface area contributed by atoms with Gasteiger partial charge in [-0.15, -0.1) is 0 Å². The van der Waals surface area contributed by atoms with E-state index in [0.29, 0.717) is 18.6 Å². The lowest BCUT2D eigenvalue weighted by Gasteiger charge is -2.17. The van der Waals surface area contributed by atoms with Crippen molar-refractivity contribution in [2.45, 2.75) is 12.5 Å². The molecule has 1 fully saturated rings. The highest BCUT2D eigenvalue weighted by Gasteiger charge is 2.33. The standard InChI is InChI=1S/C19H21BrN2O2/c20-17-6-13(7-18-19(17)24-12-23-18)9-22-10-15(8-21)16(11-22)14-4-2-1-3-5-14/h1-7,15-16H,8-12,21H2/t15-,16+/m1/s1. The SMILES string of the molecule is NC[C@@H]1CN(Cc2cc(Br)c3c(c2)OCO3)C[C@H]1c1ccccc1. The van der Waals surface area contributed by atoms with E-state index < -0.39 is 0 Å². The lowest BCUT2D eigenvalue weighted by atomic mass is 9.89. The Morgan fingerprint density at radius 3 is 2.75 bits per heavy atom. The summed E-state index contributed by atoms with van der Waals surface area (Å²) in [6.45, 7) is 3.99. The van der Waals surface area contributed by atoms with Gasteiger partial charge in [0, 0.05) is 25.6 Å². The summed E-state index contributed by atoms with van der Waals surface area (Å²) >= 11 is 3.58. The van der Waals surface area contributed by atoms with Gasteiger partial charge in [-0.05, 0) is 51.7 Å². The molecule has 0 aromatic heterocycles. The summed E-state index contributed by atoms with van der Waals surface area (Å²) in [4.78, 5) is 2.49. The highest BCUT2D eigenvalue weighted by Crippen LogP contribution is 2.41. The smallest absolute Gasteiger partial charge is 0.231 e. The van der Waals surface area contributed by atoms with E-state index in [2.05, 4.69) is 63.3 Å². The average Bonchev–Trinajstić information content (AvgIpc) is 3.22. The van der Waals surface area contributed by atoms with E-state index in [4.69, 9.17) is 15.2 Å². The third-order valence-corrected chi connectivity index (χ3v) is 5.53. The Balaban J connectivity index is 1.51. The van der Waals surface area contributed by atoms with Crippen molar-refractivity contribution >= 4 is 15.9 Å². The van der Waals surface area contributed by atoms with Crippen LogP contribution in [0.1, 0.15) is 17.0 Å². The second kappa shape index (κ2) is 6.75. The first-order valence-corrected chi connectivity index (χ1v) is 9.09. The first kappa shape index (κ1) is 15.9. The van der Waals surface area contributed by atoms with Crippen molar-refractivity contribution in [3.63, 3.8) is 0 Å². The number of nitrogens with zero attached hydrogens (tertiary/aromatic N) is 1. The number of fused-ring (bicyclic) bond motifs is 1. The monoisotopic (exact) mass is 388 g/mol. The Morgan fingerprint density at radius 1 is 1.12 bits per heavy atom. The van der Waals surface area contributed by atoms with Gasteiger partial charge in [-0.3, -0.25) is 4.90 Å². The van der Waals surface area contributed by atoms with Crippen LogP contribution in [0.5, 0.6) is 11.5 Å². The predicted molar refractivity (Wildman–Crippen MR) is 97.3 cm³/mol. The quantitative estimate of drug-likeness (QED) is 0.872. The fraction of sp³-hybridized carbons (Fsp3) is 0.368. The Bertz CT molecular complexity index is 723. The molecule has 4 rings (SSSR count). The Labute approximate surface area is 150 Å². The van der Waals surface area contributed by atoms with E-state index in [-0.39, 0.29) is 0 Å². The van der Waals surface area contributed by atoms with Gasteiger partial charge >= 0.3 is 0 Å². The fourth-order valence-corrected chi connectivity index (χ4v) is 4.38. The number of likely N-dealkylation sites (tertiary alicyclic amines) is 1. The maximum atomic E-state index is 6.04. The topological polar surface area (TPSA) is 47.7 Å². The predicted octanol–water partition coefficient (Wildman–Crippen LogP) is 3.35. The molecule has 0 radical (unpaired) electrons. The van der Waals surface area contributed by atoms with E-state index >= 15 is 0 Å². The van der Waals surface area contributed by atoms with Crippen LogP contribution in [0.3, 0.4) is 0 Å². The molecule has 0 amide bonds. The summed E-state index contributed by atoms with van der Waals surface area (Å²) in [6, 6.07) is 14.9. The molecule has 0 unspecified atom stereocenters. The van der Waals surface area contributed by atoms with Crippen LogP contribution in [-0.4, -0.2) is 31.3 Å². The molecule has 0 bridgehead atoms. The minimum Gasteiger partial charge on any atom is -0.454 e. The van der Waals surface area contributed by atoms with Crippen molar-refractivity contribution in [2.75, 3.05) is 26.4 Å². The number of nitrogens with two attached hydrogens (primary N) is 1. The molecular weight excluding hydrogens is 368 g/mol. The van der Waals surface area contributed by atoms with Crippen LogP contribution in [0.2, 0.25) is 0 Å². The molecule has 2 heterocycles. The largest absolute Gasteiger partial charge is 0.454 e. The van der Waals surface area contributed by atoms with Crippen molar-refractivity contribution in [2.24, 2.45) is 11.7 Å². The van der Waals surface area contributed by atoms with Crippen molar-refractivity contribution in [3.8, 4) is 11.5 Å². The summed E-state index contributed by atoms with van der Waals surface area (Å²) in [5.41, 5.74) is 8.67. The molecule has 2 aliphatic rings. The molecule has 2 aromatic carbocycles. The second-order valence-corrected chi connectivity index (χ2v) is 7.37. The van der Waals surface area contributed by atoms with E-state index in [0.717, 1.165) is 42.2 Å². The van der Waals surface area contributed by atoms with Gasteiger partial charge in [-0.2, -0.15) is 0 Å². The molecule has 0 aliphatic carbocycles. The van der Waals surface area contributed by atoms with Crippen LogP contribution in [-0.2, 0) is 6.54 Å². The summed E-state index contributed by atoms with van der Waals surface area (Å²) in [5, 5.41) is 0. The molecule has 126 valence electrons. The molecule has 24 heavy (non-hydrogen) atoms. The first-order chi connectivity index (χ1) is 11.7. The van der Waals surface area contributed by atoms with Crippen LogP contribution < -0.4 is 15.2 Å². The molecular formula is C19H21BrN2O2. The number of benzene rings is 2. The lowest BCUT2D eigenvalue weighted by molar-refractivity contribution is 0.173. The molecule has 0 spiro atoms. The number of ether oxygens (including phenoxy) is 2. The van der Waals surface area contributed by atoms with Gasteiger partial charge in [0.2, 0.25) is 6.79 Å². The van der Waals surface area contributed by atoms with Gasteiger partial charge in [-0.25, -0.2) is 0 Å². The van der Waals surface area contributed by atoms with E-state index in [1.54, 1.807) is 0 Å². The van der Waals surface area contributed by atoms with Gasteiger partial charge in [0.1, 0.15) is 0 Å². The molecule has 2 N–H and O–H groups in total. The summed E-state index contributed by atoms with van der Waals surface area (Å²) in [6.07, 6.45) is 0. The molecule has 2 aliphatic heterocycles. The third kappa shape index (κ3) is 3.04. The average molecular weight is 389 g/mol. The summed E-state index contributed by atoms with van der Waals surface area (Å²) in [5.74, 6) is 2.65. The lowest BCUT2D eigenvalue weighted by Crippen LogP contribution is -2.23. The van der Waals surface area contributed by atoms with Gasteiger partial charge in [0.05, 0.1) is 4.47 Å². The maximum absolute atomic E-state index is 6.04. The summed E-state index contributed by atoms with van der Waals surface area (Å²) in [7, 11) is 0. The number of halogens is 1. The van der Waals surface area contributed by atoms with E-state index in [1.165, 1.54) is 11.1 Å². The number of rotatable bonds is 4. The number of hydrogen-bond donors (Lipinski definition) is 1. The third-order valence-electron chi connectivity index (χ3n) is 4.94. The minimum atomic E-state index is 0.298. The van der Waals surface area contributed by atoms with Crippen LogP contribution >= 0.6 is 15.9 Å². The number of hydrogen-bond acceptors (Lipinski definition) is 4. The van der Waals surface area contributed by atoms with E-state index in [9.17, 15) is 0 Å². The van der Waals surface area contributed by atoms with Crippen LogP contribution in [0, 0.1) is 5.92 Å². The van der Waals surface area contributed by atoms with Crippen molar-refractivity contribution in [3.05, 3.63) is 58.1 Å². The molecule has 2 aromatic rings. The van der Waals surface area contributed by atoms with Gasteiger partial charge < -0.3 is 15.2 Å². The fourth-order valence-electron chi connectivity index (χ4n) is 3.78. The zero-order valence-electron chi connectivity index (χ0n) is 13.5. The highest BCUT2D eigenvalue weighted by molar-refractivity contribution is 9.10. The first-order valence-electron chi connectivity index (χ1n) is 8.30. The van der Waals surface area contributed by atoms with Crippen molar-refractivity contribution in [1.29, 1.82) is 0 Å².